The van der Waals surface area contributed by atoms with E-state index in [-0.39, 0.29) is 0 Å². The van der Waals surface area contributed by atoms with Crippen molar-refractivity contribution in [3.63, 3.8) is 0 Å². The second-order valence-corrected chi connectivity index (χ2v) is 7.94. The summed E-state index contributed by atoms with van der Waals surface area (Å²) in [5, 5.41) is 0. The highest BCUT2D eigenvalue weighted by Gasteiger charge is 2.20. The van der Waals surface area contributed by atoms with Gasteiger partial charge in [-0.15, -0.1) is 0 Å². The van der Waals surface area contributed by atoms with Crippen LogP contribution in [0.1, 0.15) is 31.0 Å². The summed E-state index contributed by atoms with van der Waals surface area (Å²) in [7, 11) is 0. The van der Waals surface area contributed by atoms with Crippen molar-refractivity contribution < 1.29 is 4.74 Å². The van der Waals surface area contributed by atoms with Gasteiger partial charge in [0.15, 0.2) is 0 Å². The van der Waals surface area contributed by atoms with Crippen LogP contribution < -0.4 is 4.74 Å². The Morgan fingerprint density at radius 2 is 1.74 bits per heavy atom. The minimum atomic E-state index is 0.665. The standard InChI is InChI=1S/C22H21BrN2OS/c1-2-26-18-13-11-17(12-14-18)25-20-6-4-3-5-19(20)22(27)24-21(25)15-7-9-16(23)10-8-15/h7-14H,2-6H2,1H3. The number of halogens is 1. The third kappa shape index (κ3) is 3.71. The number of rotatable bonds is 4. The highest BCUT2D eigenvalue weighted by atomic mass is 79.9. The fraction of sp³-hybridized carbons (Fsp3) is 0.273. The van der Waals surface area contributed by atoms with Crippen molar-refractivity contribution in [2.24, 2.45) is 0 Å². The number of nitrogens with zero attached hydrogens (tertiary/aromatic N) is 2. The van der Waals surface area contributed by atoms with Crippen LogP contribution >= 0.6 is 28.1 Å². The van der Waals surface area contributed by atoms with E-state index in [1.165, 1.54) is 24.1 Å². The van der Waals surface area contributed by atoms with Crippen molar-refractivity contribution in [1.29, 1.82) is 0 Å². The van der Waals surface area contributed by atoms with Crippen LogP contribution in [0.15, 0.2) is 53.0 Å². The van der Waals surface area contributed by atoms with Crippen LogP contribution in [0, 0.1) is 4.64 Å². The smallest absolute Gasteiger partial charge is 0.146 e. The fourth-order valence-electron chi connectivity index (χ4n) is 3.64. The lowest BCUT2D eigenvalue weighted by molar-refractivity contribution is 0.340. The van der Waals surface area contributed by atoms with Crippen LogP contribution in [-0.4, -0.2) is 16.2 Å². The zero-order chi connectivity index (χ0) is 18.8. The number of fused-ring (bicyclic) bond motifs is 1. The Morgan fingerprint density at radius 3 is 2.44 bits per heavy atom. The maximum Gasteiger partial charge on any atom is 0.146 e. The first-order valence-corrected chi connectivity index (χ1v) is 10.5. The zero-order valence-corrected chi connectivity index (χ0v) is 17.6. The number of ether oxygens (including phenoxy) is 1. The summed E-state index contributed by atoms with van der Waals surface area (Å²) in [5.74, 6) is 1.78. The molecule has 1 heterocycles. The van der Waals surface area contributed by atoms with Crippen molar-refractivity contribution in [2.75, 3.05) is 6.61 Å². The van der Waals surface area contributed by atoms with Crippen LogP contribution in [0.5, 0.6) is 5.75 Å². The van der Waals surface area contributed by atoms with E-state index in [4.69, 9.17) is 21.9 Å². The number of aromatic nitrogens is 2. The average Bonchev–Trinajstić information content (AvgIpc) is 2.70. The molecule has 0 N–H and O–H groups in total. The Bertz CT molecular complexity index is 1010. The highest BCUT2D eigenvalue weighted by molar-refractivity contribution is 9.10. The summed E-state index contributed by atoms with van der Waals surface area (Å²) in [5.41, 5.74) is 4.68. The largest absolute Gasteiger partial charge is 0.494 e. The molecule has 0 unspecified atom stereocenters. The SMILES string of the molecule is CCOc1ccc(-n2c(-c3ccc(Br)cc3)nc(=S)c3c2CCCC3)cc1. The molecule has 0 atom stereocenters. The Kier molecular flexibility index (Phi) is 5.41. The Morgan fingerprint density at radius 1 is 1.04 bits per heavy atom. The summed E-state index contributed by atoms with van der Waals surface area (Å²) >= 11 is 9.18. The van der Waals surface area contributed by atoms with Gasteiger partial charge in [0, 0.05) is 27.0 Å². The van der Waals surface area contributed by atoms with Gasteiger partial charge in [-0.3, -0.25) is 4.57 Å². The topological polar surface area (TPSA) is 27.1 Å². The Labute approximate surface area is 173 Å². The highest BCUT2D eigenvalue weighted by Crippen LogP contribution is 2.31. The van der Waals surface area contributed by atoms with Gasteiger partial charge < -0.3 is 4.74 Å². The molecule has 0 bridgehead atoms. The average molecular weight is 441 g/mol. The van der Waals surface area contributed by atoms with E-state index in [9.17, 15) is 0 Å². The number of benzene rings is 2. The van der Waals surface area contributed by atoms with Crippen LogP contribution in [0.25, 0.3) is 17.1 Å². The molecule has 1 aromatic heterocycles. The zero-order valence-electron chi connectivity index (χ0n) is 15.2. The summed E-state index contributed by atoms with van der Waals surface area (Å²) in [4.78, 5) is 4.85. The van der Waals surface area contributed by atoms with E-state index in [1.54, 1.807) is 0 Å². The molecule has 4 rings (SSSR count). The van der Waals surface area contributed by atoms with Crippen molar-refractivity contribution in [3.05, 3.63) is 68.9 Å². The predicted octanol–water partition coefficient (Wildman–Crippen LogP) is 6.31. The number of hydrogen-bond donors (Lipinski definition) is 0. The van der Waals surface area contributed by atoms with Gasteiger partial charge >= 0.3 is 0 Å². The molecule has 0 spiro atoms. The van der Waals surface area contributed by atoms with E-state index in [1.807, 2.05) is 31.2 Å². The molecule has 0 fully saturated rings. The van der Waals surface area contributed by atoms with Gasteiger partial charge in [0.2, 0.25) is 0 Å². The lowest BCUT2D eigenvalue weighted by Crippen LogP contribution is -2.17. The van der Waals surface area contributed by atoms with Crippen molar-refractivity contribution in [1.82, 2.24) is 9.55 Å². The number of hydrogen-bond acceptors (Lipinski definition) is 3. The summed E-state index contributed by atoms with van der Waals surface area (Å²) in [6.45, 7) is 2.66. The molecule has 3 aromatic rings. The summed E-state index contributed by atoms with van der Waals surface area (Å²) in [6.07, 6.45) is 4.40. The molecular formula is C22H21BrN2OS. The molecule has 5 heteroatoms. The first-order chi connectivity index (χ1) is 13.2. The molecule has 0 saturated heterocycles. The van der Waals surface area contributed by atoms with Gasteiger partial charge in [0.05, 0.1) is 6.61 Å². The lowest BCUT2D eigenvalue weighted by Gasteiger charge is -2.24. The minimum Gasteiger partial charge on any atom is -0.494 e. The van der Waals surface area contributed by atoms with Crippen LogP contribution in [0.4, 0.5) is 0 Å². The van der Waals surface area contributed by atoms with Crippen LogP contribution in [0.2, 0.25) is 0 Å². The third-order valence-electron chi connectivity index (χ3n) is 4.89. The Balaban J connectivity index is 1.94. The first kappa shape index (κ1) is 18.4. The van der Waals surface area contributed by atoms with E-state index in [0.29, 0.717) is 6.61 Å². The summed E-state index contributed by atoms with van der Waals surface area (Å²) < 4.78 is 9.68. The first-order valence-electron chi connectivity index (χ1n) is 9.31. The van der Waals surface area contributed by atoms with Gasteiger partial charge in [-0.1, -0.05) is 40.3 Å². The van der Waals surface area contributed by atoms with Gasteiger partial charge in [-0.25, -0.2) is 4.98 Å². The normalized spacial score (nSPS) is 13.3. The predicted molar refractivity (Wildman–Crippen MR) is 115 cm³/mol. The fourth-order valence-corrected chi connectivity index (χ4v) is 4.21. The summed E-state index contributed by atoms with van der Waals surface area (Å²) in [6, 6.07) is 16.5. The molecule has 27 heavy (non-hydrogen) atoms. The molecule has 0 radical (unpaired) electrons. The van der Waals surface area contributed by atoms with Crippen LogP contribution in [0.3, 0.4) is 0 Å². The molecule has 0 saturated carbocycles. The lowest BCUT2D eigenvalue weighted by atomic mass is 9.96. The van der Waals surface area contributed by atoms with Crippen LogP contribution in [-0.2, 0) is 12.8 Å². The quantitative estimate of drug-likeness (QED) is 0.444. The third-order valence-corrected chi connectivity index (χ3v) is 5.76. The minimum absolute atomic E-state index is 0.665. The molecule has 1 aliphatic rings. The van der Waals surface area contributed by atoms with Gasteiger partial charge in [-0.05, 0) is 69.0 Å². The van der Waals surface area contributed by atoms with Gasteiger partial charge in [-0.2, -0.15) is 0 Å². The Hall–Kier alpha value is -1.98. The van der Waals surface area contributed by atoms with E-state index < -0.39 is 0 Å². The van der Waals surface area contributed by atoms with Crippen molar-refractivity contribution in [2.45, 2.75) is 32.6 Å². The molecule has 1 aliphatic carbocycles. The molecule has 138 valence electrons. The van der Waals surface area contributed by atoms with E-state index in [2.05, 4.69) is 44.8 Å². The maximum atomic E-state index is 5.66. The molecule has 0 aliphatic heterocycles. The molecule has 2 aromatic carbocycles. The molecule has 3 nitrogen and oxygen atoms in total. The second-order valence-electron chi connectivity index (χ2n) is 6.64. The van der Waals surface area contributed by atoms with E-state index in [0.717, 1.165) is 44.8 Å². The maximum absolute atomic E-state index is 5.66. The molecule has 0 amide bonds. The molecular weight excluding hydrogens is 420 g/mol. The van der Waals surface area contributed by atoms with Crippen molar-refractivity contribution in [3.8, 4) is 22.8 Å². The second kappa shape index (κ2) is 7.95. The van der Waals surface area contributed by atoms with Crippen molar-refractivity contribution >= 4 is 28.1 Å². The van der Waals surface area contributed by atoms with Gasteiger partial charge in [0.1, 0.15) is 16.2 Å². The van der Waals surface area contributed by atoms with E-state index >= 15 is 0 Å². The van der Waals surface area contributed by atoms with Gasteiger partial charge in [0.25, 0.3) is 0 Å². The monoisotopic (exact) mass is 440 g/mol.